The van der Waals surface area contributed by atoms with Gasteiger partial charge in [-0.25, -0.2) is 4.98 Å². The van der Waals surface area contributed by atoms with Crippen LogP contribution in [0.25, 0.3) is 0 Å². The second-order valence-corrected chi connectivity index (χ2v) is 4.99. The molecule has 0 fully saturated rings. The Bertz CT molecular complexity index is 627. The number of nitrogens with one attached hydrogen (secondary N) is 1. The molecule has 1 aromatic carbocycles. The van der Waals surface area contributed by atoms with Crippen molar-refractivity contribution in [2.45, 2.75) is 6.42 Å². The Morgan fingerprint density at radius 2 is 2.11 bits per heavy atom. The van der Waals surface area contributed by atoms with E-state index in [0.717, 1.165) is 0 Å². The van der Waals surface area contributed by atoms with Gasteiger partial charge >= 0.3 is 0 Å². The first-order valence-corrected chi connectivity index (χ1v) is 6.60. The average molecular weight is 296 g/mol. The number of carbonyl (C=O) groups is 2. The summed E-state index contributed by atoms with van der Waals surface area (Å²) in [6.45, 7) is 0. The Labute approximate surface area is 118 Å². The molecule has 0 radical (unpaired) electrons. The minimum atomic E-state index is -0.464. The number of aromatic nitrogens is 1. The molecular weight excluding hydrogens is 286 g/mol. The molecule has 0 atom stereocenters. The van der Waals surface area contributed by atoms with Crippen LogP contribution in [-0.4, -0.2) is 16.8 Å². The Hall–Kier alpha value is -1.92. The van der Waals surface area contributed by atoms with E-state index in [1.807, 2.05) is 0 Å². The Morgan fingerprint density at radius 1 is 1.37 bits per heavy atom. The highest BCUT2D eigenvalue weighted by molar-refractivity contribution is 7.14. The molecule has 2 aromatic rings. The van der Waals surface area contributed by atoms with Crippen molar-refractivity contribution in [1.82, 2.24) is 4.98 Å². The first kappa shape index (κ1) is 13.5. The zero-order chi connectivity index (χ0) is 13.8. The molecule has 98 valence electrons. The van der Waals surface area contributed by atoms with Crippen molar-refractivity contribution in [3.8, 4) is 0 Å². The molecule has 1 aromatic heterocycles. The second kappa shape index (κ2) is 5.81. The predicted octanol–water partition coefficient (Wildman–Crippen LogP) is 2.08. The van der Waals surface area contributed by atoms with Gasteiger partial charge in [-0.3, -0.25) is 14.9 Å². The molecule has 0 aliphatic heterocycles. The number of anilines is 1. The summed E-state index contributed by atoms with van der Waals surface area (Å²) in [6.07, 6.45) is 0.0540. The molecular formula is C12H10ClN3O2S. The predicted molar refractivity (Wildman–Crippen MR) is 74.4 cm³/mol. The van der Waals surface area contributed by atoms with E-state index in [0.29, 0.717) is 21.4 Å². The van der Waals surface area contributed by atoms with E-state index in [4.69, 9.17) is 17.3 Å². The minimum Gasteiger partial charge on any atom is -0.369 e. The van der Waals surface area contributed by atoms with E-state index in [9.17, 15) is 9.59 Å². The zero-order valence-corrected chi connectivity index (χ0v) is 11.3. The van der Waals surface area contributed by atoms with Crippen LogP contribution in [0.1, 0.15) is 16.1 Å². The lowest BCUT2D eigenvalue weighted by atomic mass is 10.2. The molecule has 3 N–H and O–H groups in total. The molecule has 0 bridgehead atoms. The summed E-state index contributed by atoms with van der Waals surface area (Å²) >= 11 is 7.15. The molecule has 0 saturated carbocycles. The zero-order valence-electron chi connectivity index (χ0n) is 9.72. The maximum absolute atomic E-state index is 11.9. The number of hydrogen-bond donors (Lipinski definition) is 2. The third-order valence-corrected chi connectivity index (χ3v) is 3.38. The van der Waals surface area contributed by atoms with E-state index in [1.165, 1.54) is 11.3 Å². The first-order chi connectivity index (χ1) is 9.06. The number of amides is 2. The quantitative estimate of drug-likeness (QED) is 0.905. The van der Waals surface area contributed by atoms with Crippen LogP contribution in [0.3, 0.4) is 0 Å². The smallest absolute Gasteiger partial charge is 0.258 e. The van der Waals surface area contributed by atoms with Crippen molar-refractivity contribution in [3.63, 3.8) is 0 Å². The van der Waals surface area contributed by atoms with Gasteiger partial charge in [-0.05, 0) is 12.1 Å². The fourth-order valence-electron chi connectivity index (χ4n) is 1.43. The number of halogens is 1. The average Bonchev–Trinajstić information content (AvgIpc) is 2.76. The highest BCUT2D eigenvalue weighted by Crippen LogP contribution is 2.19. The fourth-order valence-corrected chi connectivity index (χ4v) is 2.36. The van der Waals surface area contributed by atoms with Gasteiger partial charge in [0.05, 0.1) is 22.7 Å². The lowest BCUT2D eigenvalue weighted by Gasteiger charge is -2.03. The van der Waals surface area contributed by atoms with Crippen LogP contribution in [0.4, 0.5) is 5.13 Å². The maximum atomic E-state index is 11.9. The number of carbonyl (C=O) groups excluding carboxylic acids is 2. The largest absolute Gasteiger partial charge is 0.369 e. The van der Waals surface area contributed by atoms with Crippen LogP contribution in [0, 0.1) is 0 Å². The van der Waals surface area contributed by atoms with Gasteiger partial charge in [0.2, 0.25) is 5.91 Å². The highest BCUT2D eigenvalue weighted by atomic mass is 35.5. The molecule has 19 heavy (non-hydrogen) atoms. The fraction of sp³-hybridized carbons (Fsp3) is 0.0833. The van der Waals surface area contributed by atoms with Gasteiger partial charge in [0, 0.05) is 5.38 Å². The maximum Gasteiger partial charge on any atom is 0.258 e. The van der Waals surface area contributed by atoms with Crippen LogP contribution in [-0.2, 0) is 11.2 Å². The molecule has 0 unspecified atom stereocenters. The molecule has 2 amide bonds. The lowest BCUT2D eigenvalue weighted by molar-refractivity contribution is -0.117. The van der Waals surface area contributed by atoms with Crippen molar-refractivity contribution in [1.29, 1.82) is 0 Å². The van der Waals surface area contributed by atoms with E-state index in [1.54, 1.807) is 29.6 Å². The summed E-state index contributed by atoms with van der Waals surface area (Å²) in [4.78, 5) is 26.8. The topological polar surface area (TPSA) is 85.1 Å². The lowest BCUT2D eigenvalue weighted by Crippen LogP contribution is -2.14. The van der Waals surface area contributed by atoms with Gasteiger partial charge in [0.15, 0.2) is 5.13 Å². The van der Waals surface area contributed by atoms with Gasteiger partial charge in [0.25, 0.3) is 5.91 Å². The van der Waals surface area contributed by atoms with Crippen molar-refractivity contribution < 1.29 is 9.59 Å². The Morgan fingerprint density at radius 3 is 2.79 bits per heavy atom. The minimum absolute atomic E-state index is 0.0540. The monoisotopic (exact) mass is 295 g/mol. The molecule has 1 heterocycles. The van der Waals surface area contributed by atoms with E-state index < -0.39 is 5.91 Å². The van der Waals surface area contributed by atoms with Gasteiger partial charge in [-0.1, -0.05) is 23.7 Å². The summed E-state index contributed by atoms with van der Waals surface area (Å²) in [7, 11) is 0. The standard InChI is InChI=1S/C12H10ClN3O2S/c13-9-4-2-1-3-8(9)11(18)16-12-15-7(6-19-12)5-10(14)17/h1-4,6H,5H2,(H2,14,17)(H,15,16,18). The van der Waals surface area contributed by atoms with Crippen LogP contribution in [0.2, 0.25) is 5.02 Å². The molecule has 0 aliphatic rings. The van der Waals surface area contributed by atoms with Crippen molar-refractivity contribution in [3.05, 3.63) is 45.9 Å². The molecule has 5 nitrogen and oxygen atoms in total. The summed E-state index contributed by atoms with van der Waals surface area (Å²) in [5.74, 6) is -0.806. The molecule has 0 saturated heterocycles. The summed E-state index contributed by atoms with van der Waals surface area (Å²) < 4.78 is 0. The van der Waals surface area contributed by atoms with E-state index >= 15 is 0 Å². The number of rotatable bonds is 4. The van der Waals surface area contributed by atoms with Gasteiger partial charge in [-0.15, -0.1) is 11.3 Å². The van der Waals surface area contributed by atoms with Crippen molar-refractivity contribution in [2.24, 2.45) is 5.73 Å². The number of thiazole rings is 1. The summed E-state index contributed by atoms with van der Waals surface area (Å²) in [6, 6.07) is 6.72. The second-order valence-electron chi connectivity index (χ2n) is 3.72. The van der Waals surface area contributed by atoms with Gasteiger partial charge < -0.3 is 5.73 Å². The number of benzene rings is 1. The Balaban J connectivity index is 2.09. The third kappa shape index (κ3) is 3.52. The van der Waals surface area contributed by atoms with Gasteiger partial charge in [0.1, 0.15) is 0 Å². The van der Waals surface area contributed by atoms with Crippen LogP contribution in [0.5, 0.6) is 0 Å². The number of nitrogens with zero attached hydrogens (tertiary/aromatic N) is 1. The van der Waals surface area contributed by atoms with Crippen molar-refractivity contribution in [2.75, 3.05) is 5.32 Å². The molecule has 0 aliphatic carbocycles. The molecule has 0 spiro atoms. The highest BCUT2D eigenvalue weighted by Gasteiger charge is 2.12. The van der Waals surface area contributed by atoms with E-state index in [-0.39, 0.29) is 12.3 Å². The molecule has 7 heteroatoms. The summed E-state index contributed by atoms with van der Waals surface area (Å²) in [5, 5.41) is 5.07. The van der Waals surface area contributed by atoms with Crippen LogP contribution in [0.15, 0.2) is 29.6 Å². The number of primary amides is 1. The Kier molecular flexibility index (Phi) is 4.13. The van der Waals surface area contributed by atoms with Crippen molar-refractivity contribution >= 4 is 39.9 Å². The SMILES string of the molecule is NC(=O)Cc1csc(NC(=O)c2ccccc2Cl)n1. The molecule has 2 rings (SSSR count). The third-order valence-electron chi connectivity index (χ3n) is 2.25. The summed E-state index contributed by atoms with van der Waals surface area (Å²) in [5.41, 5.74) is 5.97. The number of nitrogens with two attached hydrogens (primary N) is 1. The first-order valence-electron chi connectivity index (χ1n) is 5.35. The van der Waals surface area contributed by atoms with Crippen LogP contribution >= 0.6 is 22.9 Å². The van der Waals surface area contributed by atoms with Gasteiger partial charge in [-0.2, -0.15) is 0 Å². The van der Waals surface area contributed by atoms with Crippen LogP contribution < -0.4 is 11.1 Å². The number of hydrogen-bond acceptors (Lipinski definition) is 4. The normalized spacial score (nSPS) is 10.2. The van der Waals surface area contributed by atoms with E-state index in [2.05, 4.69) is 10.3 Å².